The number of nitrogens with zero attached hydrogens (tertiary/aromatic N) is 3. The van der Waals surface area contributed by atoms with E-state index in [9.17, 15) is 4.79 Å². The molecule has 0 radical (unpaired) electrons. The van der Waals surface area contributed by atoms with Crippen LogP contribution in [-0.4, -0.2) is 28.3 Å². The topological polar surface area (TPSA) is 37.6 Å². The Hall–Kier alpha value is -3.40. The summed E-state index contributed by atoms with van der Waals surface area (Å²) in [6.45, 7) is 6.26. The molecule has 0 amide bonds. The Bertz CT molecular complexity index is 1230. The summed E-state index contributed by atoms with van der Waals surface area (Å²) in [5.74, 6) is 0.929. The molecule has 0 unspecified atom stereocenters. The molecule has 1 aliphatic rings. The number of pyridine rings is 1. The van der Waals surface area contributed by atoms with Gasteiger partial charge in [-0.15, -0.1) is 0 Å². The van der Waals surface area contributed by atoms with Crippen molar-refractivity contribution in [3.63, 3.8) is 0 Å². The third-order valence-corrected chi connectivity index (χ3v) is 6.70. The summed E-state index contributed by atoms with van der Waals surface area (Å²) in [4.78, 5) is 18.7. The van der Waals surface area contributed by atoms with E-state index in [1.54, 1.807) is 6.92 Å². The van der Waals surface area contributed by atoms with Gasteiger partial charge in [0.1, 0.15) is 5.65 Å². The highest BCUT2D eigenvalue weighted by Crippen LogP contribution is 2.27. The molecule has 4 heteroatoms. The van der Waals surface area contributed by atoms with Crippen molar-refractivity contribution in [2.45, 2.75) is 33.1 Å². The van der Waals surface area contributed by atoms with E-state index in [1.165, 1.54) is 29.7 Å². The number of Topliss-reactive ketones (excluding diaryl/α,β-unsaturated/α-hetero) is 1. The monoisotopic (exact) mass is 423 g/mol. The van der Waals surface area contributed by atoms with Gasteiger partial charge in [0.05, 0.1) is 5.69 Å². The van der Waals surface area contributed by atoms with Crippen LogP contribution in [0, 0.1) is 5.92 Å². The normalized spacial score (nSPS) is 14.8. The number of hydrogen-bond acceptors (Lipinski definition) is 3. The Labute approximate surface area is 189 Å². The molecule has 0 N–H and O–H groups in total. The van der Waals surface area contributed by atoms with E-state index in [1.807, 2.05) is 36.7 Å². The molecule has 0 bridgehead atoms. The van der Waals surface area contributed by atoms with E-state index < -0.39 is 0 Å². The largest absolute Gasteiger partial charge is 0.372 e. The number of aromatic nitrogens is 2. The summed E-state index contributed by atoms with van der Waals surface area (Å²) in [7, 11) is 0. The fourth-order valence-electron chi connectivity index (χ4n) is 4.63. The maximum Gasteiger partial charge on any atom is 0.159 e. The first-order chi connectivity index (χ1) is 15.6. The van der Waals surface area contributed by atoms with Gasteiger partial charge in [0.25, 0.3) is 0 Å². The first-order valence-corrected chi connectivity index (χ1v) is 11.5. The second-order valence-electron chi connectivity index (χ2n) is 9.01. The van der Waals surface area contributed by atoms with E-state index in [0.717, 1.165) is 47.9 Å². The molecule has 2 aromatic heterocycles. The van der Waals surface area contributed by atoms with Crippen LogP contribution >= 0.6 is 0 Å². The van der Waals surface area contributed by atoms with Crippen LogP contribution in [0.5, 0.6) is 0 Å². The maximum atomic E-state index is 11.6. The van der Waals surface area contributed by atoms with Crippen LogP contribution in [0.1, 0.15) is 48.2 Å². The number of hydrogen-bond donors (Lipinski definition) is 0. The number of imidazole rings is 1. The zero-order valence-corrected chi connectivity index (χ0v) is 18.8. The Morgan fingerprint density at radius 3 is 2.38 bits per heavy atom. The number of anilines is 1. The molecule has 4 aromatic rings. The fraction of sp³-hybridized carbons (Fsp3) is 0.286. The van der Waals surface area contributed by atoms with Crippen LogP contribution in [0.15, 0.2) is 73.1 Å². The zero-order valence-electron chi connectivity index (χ0n) is 18.8. The Kier molecular flexibility index (Phi) is 5.52. The molecule has 1 aliphatic heterocycles. The van der Waals surface area contributed by atoms with E-state index in [0.29, 0.717) is 0 Å². The quantitative estimate of drug-likeness (QED) is 0.368. The summed E-state index contributed by atoms with van der Waals surface area (Å²) in [5.41, 5.74) is 7.69. The van der Waals surface area contributed by atoms with Gasteiger partial charge >= 0.3 is 0 Å². The first kappa shape index (κ1) is 20.5. The van der Waals surface area contributed by atoms with Crippen LogP contribution in [-0.2, 0) is 6.42 Å². The SMILES string of the molecule is CC(=O)c1ccc(-c2ccc(Cc3ccc(N4CCC(C)CC4)cc3)c3nccn23)cc1. The number of ketones is 1. The molecule has 5 rings (SSSR count). The molecule has 32 heavy (non-hydrogen) atoms. The first-order valence-electron chi connectivity index (χ1n) is 11.5. The van der Waals surface area contributed by atoms with E-state index in [-0.39, 0.29) is 5.78 Å². The lowest BCUT2D eigenvalue weighted by atomic mass is 9.98. The van der Waals surface area contributed by atoms with Gasteiger partial charge in [-0.25, -0.2) is 4.98 Å². The highest BCUT2D eigenvalue weighted by atomic mass is 16.1. The number of rotatable bonds is 5. The van der Waals surface area contributed by atoms with E-state index >= 15 is 0 Å². The molecule has 0 aliphatic carbocycles. The molecular weight excluding hydrogens is 394 g/mol. The summed E-state index contributed by atoms with van der Waals surface area (Å²) in [6, 6.07) is 21.1. The molecule has 0 spiro atoms. The minimum absolute atomic E-state index is 0.0838. The van der Waals surface area contributed by atoms with Crippen molar-refractivity contribution in [3.05, 3.63) is 89.7 Å². The summed E-state index contributed by atoms with van der Waals surface area (Å²) < 4.78 is 2.14. The molecular formula is C28H29N3O. The average molecular weight is 424 g/mol. The lowest BCUT2D eigenvalue weighted by Gasteiger charge is -2.32. The second-order valence-corrected chi connectivity index (χ2v) is 9.01. The van der Waals surface area contributed by atoms with Crippen molar-refractivity contribution >= 4 is 17.1 Å². The minimum atomic E-state index is 0.0838. The van der Waals surface area contributed by atoms with Crippen molar-refractivity contribution in [2.75, 3.05) is 18.0 Å². The minimum Gasteiger partial charge on any atom is -0.372 e. The molecule has 2 aromatic carbocycles. The smallest absolute Gasteiger partial charge is 0.159 e. The predicted molar refractivity (Wildman–Crippen MR) is 130 cm³/mol. The summed E-state index contributed by atoms with van der Waals surface area (Å²) >= 11 is 0. The van der Waals surface area contributed by atoms with Crippen molar-refractivity contribution in [1.82, 2.24) is 9.38 Å². The van der Waals surface area contributed by atoms with Crippen LogP contribution in [0.2, 0.25) is 0 Å². The average Bonchev–Trinajstić information content (AvgIpc) is 3.31. The lowest BCUT2D eigenvalue weighted by Crippen LogP contribution is -2.32. The number of piperidine rings is 1. The van der Waals surface area contributed by atoms with Crippen molar-refractivity contribution in [3.8, 4) is 11.3 Å². The number of benzene rings is 2. The maximum absolute atomic E-state index is 11.6. The third-order valence-electron chi connectivity index (χ3n) is 6.70. The zero-order chi connectivity index (χ0) is 22.1. The Morgan fingerprint density at radius 2 is 1.69 bits per heavy atom. The molecule has 1 saturated heterocycles. The summed E-state index contributed by atoms with van der Waals surface area (Å²) in [6.07, 6.45) is 7.27. The predicted octanol–water partition coefficient (Wildman–Crippen LogP) is 6.03. The van der Waals surface area contributed by atoms with Crippen LogP contribution in [0.3, 0.4) is 0 Å². The van der Waals surface area contributed by atoms with Crippen molar-refractivity contribution < 1.29 is 4.79 Å². The Morgan fingerprint density at radius 1 is 0.969 bits per heavy atom. The molecule has 0 atom stereocenters. The number of fused-ring (bicyclic) bond motifs is 1. The highest BCUT2D eigenvalue weighted by Gasteiger charge is 2.16. The molecule has 0 saturated carbocycles. The molecule has 3 heterocycles. The van der Waals surface area contributed by atoms with Gasteiger partial charge in [0, 0.05) is 43.2 Å². The van der Waals surface area contributed by atoms with Gasteiger partial charge < -0.3 is 4.90 Å². The van der Waals surface area contributed by atoms with Crippen molar-refractivity contribution in [2.24, 2.45) is 5.92 Å². The molecule has 4 nitrogen and oxygen atoms in total. The number of carbonyl (C=O) groups excluding carboxylic acids is 1. The van der Waals surface area contributed by atoms with Crippen LogP contribution < -0.4 is 4.90 Å². The lowest BCUT2D eigenvalue weighted by molar-refractivity contribution is 0.101. The molecule has 1 fully saturated rings. The highest BCUT2D eigenvalue weighted by molar-refractivity contribution is 5.94. The van der Waals surface area contributed by atoms with Gasteiger partial charge in [-0.3, -0.25) is 9.20 Å². The van der Waals surface area contributed by atoms with E-state index in [4.69, 9.17) is 0 Å². The number of carbonyl (C=O) groups is 1. The van der Waals surface area contributed by atoms with Gasteiger partial charge in [-0.1, -0.05) is 49.4 Å². The van der Waals surface area contributed by atoms with Gasteiger partial charge in [0.2, 0.25) is 0 Å². The van der Waals surface area contributed by atoms with Gasteiger partial charge in [-0.05, 0) is 60.6 Å². The van der Waals surface area contributed by atoms with E-state index in [2.05, 4.69) is 57.6 Å². The summed E-state index contributed by atoms with van der Waals surface area (Å²) in [5, 5.41) is 0. The second kappa shape index (κ2) is 8.62. The standard InChI is InChI=1S/C28H29N3O/c1-20-13-16-30(17-14-20)26-10-3-22(4-11-26)19-25-9-12-27(31-18-15-29-28(25)31)24-7-5-23(6-8-24)21(2)32/h3-12,15,18,20H,13-14,16-17,19H2,1-2H3. The Balaban J connectivity index is 1.38. The van der Waals surface area contributed by atoms with Crippen molar-refractivity contribution in [1.29, 1.82) is 0 Å². The van der Waals surface area contributed by atoms with Gasteiger partial charge in [0.15, 0.2) is 5.78 Å². The third kappa shape index (κ3) is 4.05. The fourth-order valence-corrected chi connectivity index (χ4v) is 4.63. The molecule has 162 valence electrons. The van der Waals surface area contributed by atoms with Crippen LogP contribution in [0.25, 0.3) is 16.9 Å². The van der Waals surface area contributed by atoms with Crippen LogP contribution in [0.4, 0.5) is 5.69 Å². The van der Waals surface area contributed by atoms with Gasteiger partial charge in [-0.2, -0.15) is 0 Å².